The fourth-order valence-corrected chi connectivity index (χ4v) is 4.37. The van der Waals surface area contributed by atoms with Gasteiger partial charge in [0.2, 0.25) is 0 Å². The van der Waals surface area contributed by atoms with Crippen LogP contribution in [0.3, 0.4) is 0 Å². The highest BCUT2D eigenvalue weighted by Gasteiger charge is 2.37. The molecular formula is C22H30N8O4. The number of nitrogens with zero attached hydrogens (tertiary/aromatic N) is 8. The van der Waals surface area contributed by atoms with Gasteiger partial charge in [0.1, 0.15) is 23.4 Å². The van der Waals surface area contributed by atoms with Crippen LogP contribution in [0.25, 0.3) is 22.1 Å². The van der Waals surface area contributed by atoms with E-state index in [2.05, 4.69) is 20.6 Å². The summed E-state index contributed by atoms with van der Waals surface area (Å²) in [5.41, 5.74) is 2.91. The number of hydrogen-bond acceptors (Lipinski definition) is 10. The minimum absolute atomic E-state index is 0.145. The molecule has 0 spiro atoms. The van der Waals surface area contributed by atoms with Gasteiger partial charge in [-0.25, -0.2) is 9.36 Å². The normalized spacial score (nSPS) is 13.9. The van der Waals surface area contributed by atoms with Crippen LogP contribution in [0.15, 0.2) is 48.5 Å². The number of hydrogen-bond donors (Lipinski definition) is 4. The molecule has 2 heterocycles. The Morgan fingerprint density at radius 2 is 0.941 bits per heavy atom. The fraction of sp³-hybridized carbons (Fsp3) is 0.455. The quantitative estimate of drug-likeness (QED) is 0.200. The van der Waals surface area contributed by atoms with E-state index in [0.29, 0.717) is 11.0 Å². The van der Waals surface area contributed by atoms with E-state index in [0.717, 1.165) is 11.0 Å². The molecule has 2 aromatic carbocycles. The lowest BCUT2D eigenvalue weighted by molar-refractivity contribution is -0.0364. The van der Waals surface area contributed by atoms with Gasteiger partial charge in [0, 0.05) is 26.2 Å². The summed E-state index contributed by atoms with van der Waals surface area (Å²) in [6.45, 7) is 0.399. The summed E-state index contributed by atoms with van der Waals surface area (Å²) < 4.78 is 3.48. The van der Waals surface area contributed by atoms with Crippen LogP contribution in [0.1, 0.15) is 12.3 Å². The van der Waals surface area contributed by atoms with Gasteiger partial charge in [0.25, 0.3) is 0 Å². The average Bonchev–Trinajstić information content (AvgIpc) is 3.47. The van der Waals surface area contributed by atoms with Gasteiger partial charge in [-0.2, -0.15) is 0 Å². The predicted octanol–water partition coefficient (Wildman–Crippen LogP) is -0.553. The molecule has 182 valence electrons. The zero-order valence-electron chi connectivity index (χ0n) is 18.8. The summed E-state index contributed by atoms with van der Waals surface area (Å²) in [7, 11) is 0. The summed E-state index contributed by atoms with van der Waals surface area (Å²) in [6.07, 6.45) is -1.23. The number of aliphatic hydroxyl groups is 4. The van der Waals surface area contributed by atoms with E-state index in [-0.39, 0.29) is 52.6 Å². The van der Waals surface area contributed by atoms with Gasteiger partial charge in [-0.15, -0.1) is 10.2 Å². The van der Waals surface area contributed by atoms with Crippen molar-refractivity contribution < 1.29 is 20.4 Å². The first-order valence-corrected chi connectivity index (χ1v) is 11.2. The molecular weight excluding hydrogens is 440 g/mol. The fourth-order valence-electron chi connectivity index (χ4n) is 4.37. The highest BCUT2D eigenvalue weighted by Crippen LogP contribution is 2.33. The van der Waals surface area contributed by atoms with Gasteiger partial charge in [0.05, 0.1) is 37.5 Å². The molecule has 4 rings (SSSR count). The molecule has 12 nitrogen and oxygen atoms in total. The lowest BCUT2D eigenvalue weighted by Gasteiger charge is -2.41. The summed E-state index contributed by atoms with van der Waals surface area (Å²) >= 11 is 0. The first-order valence-electron chi connectivity index (χ1n) is 11.2. The van der Waals surface area contributed by atoms with Crippen molar-refractivity contribution in [2.24, 2.45) is 0 Å². The van der Waals surface area contributed by atoms with E-state index in [1.165, 1.54) is 0 Å². The van der Waals surface area contributed by atoms with E-state index in [4.69, 9.17) is 0 Å². The Morgan fingerprint density at radius 1 is 0.588 bits per heavy atom. The SMILES string of the molecule is OCCN(CCO)C(C(N(CCO)CCO)n1nnc2ccccc21)n1nnc2ccccc21. The molecule has 0 aliphatic carbocycles. The molecule has 2 aromatic heterocycles. The molecule has 2 atom stereocenters. The number of rotatable bonds is 13. The number of aliphatic hydroxyl groups excluding tert-OH is 4. The van der Waals surface area contributed by atoms with E-state index in [1.54, 1.807) is 9.36 Å². The van der Waals surface area contributed by atoms with Gasteiger partial charge in [0.15, 0.2) is 0 Å². The van der Waals surface area contributed by atoms with E-state index in [9.17, 15) is 20.4 Å². The second-order valence-electron chi connectivity index (χ2n) is 7.84. The Balaban J connectivity index is 1.96. The maximum atomic E-state index is 9.86. The Kier molecular flexibility index (Phi) is 8.11. The Labute approximate surface area is 196 Å². The summed E-state index contributed by atoms with van der Waals surface area (Å²) in [5.74, 6) is 0. The van der Waals surface area contributed by atoms with Gasteiger partial charge >= 0.3 is 0 Å². The molecule has 4 aromatic rings. The van der Waals surface area contributed by atoms with Gasteiger partial charge in [-0.3, -0.25) is 9.80 Å². The van der Waals surface area contributed by atoms with Crippen molar-refractivity contribution in [3.8, 4) is 0 Å². The van der Waals surface area contributed by atoms with Crippen molar-refractivity contribution >= 4 is 22.1 Å². The predicted molar refractivity (Wildman–Crippen MR) is 125 cm³/mol. The summed E-state index contributed by atoms with van der Waals surface area (Å²) in [6, 6.07) is 15.1. The Morgan fingerprint density at radius 3 is 1.29 bits per heavy atom. The average molecular weight is 471 g/mol. The smallest absolute Gasteiger partial charge is 0.143 e. The van der Waals surface area contributed by atoms with Crippen molar-refractivity contribution in [1.82, 2.24) is 39.8 Å². The van der Waals surface area contributed by atoms with Crippen molar-refractivity contribution in [1.29, 1.82) is 0 Å². The molecule has 0 fully saturated rings. The molecule has 0 amide bonds. The molecule has 2 unspecified atom stereocenters. The lowest BCUT2D eigenvalue weighted by Crippen LogP contribution is -2.50. The van der Waals surface area contributed by atoms with Crippen LogP contribution in [0.4, 0.5) is 0 Å². The third-order valence-electron chi connectivity index (χ3n) is 5.82. The van der Waals surface area contributed by atoms with Crippen molar-refractivity contribution in [3.63, 3.8) is 0 Å². The van der Waals surface area contributed by atoms with Crippen LogP contribution < -0.4 is 0 Å². The molecule has 4 N–H and O–H groups in total. The first kappa shape index (κ1) is 24.1. The molecule has 34 heavy (non-hydrogen) atoms. The second kappa shape index (κ2) is 11.4. The molecule has 12 heteroatoms. The third kappa shape index (κ3) is 4.78. The second-order valence-corrected chi connectivity index (χ2v) is 7.84. The van der Waals surface area contributed by atoms with Crippen LogP contribution in [0.5, 0.6) is 0 Å². The first-order chi connectivity index (χ1) is 16.7. The molecule has 0 radical (unpaired) electrons. The van der Waals surface area contributed by atoms with Crippen LogP contribution >= 0.6 is 0 Å². The number of benzene rings is 2. The maximum absolute atomic E-state index is 9.86. The van der Waals surface area contributed by atoms with Crippen molar-refractivity contribution in [3.05, 3.63) is 48.5 Å². The zero-order valence-corrected chi connectivity index (χ0v) is 18.8. The van der Waals surface area contributed by atoms with Crippen molar-refractivity contribution in [2.75, 3.05) is 52.6 Å². The van der Waals surface area contributed by atoms with E-state index >= 15 is 0 Å². The van der Waals surface area contributed by atoms with Crippen LogP contribution in [0, 0.1) is 0 Å². The van der Waals surface area contributed by atoms with Crippen LogP contribution in [0.2, 0.25) is 0 Å². The topological polar surface area (TPSA) is 149 Å². The molecule has 0 aliphatic heterocycles. The largest absolute Gasteiger partial charge is 0.395 e. The van der Waals surface area contributed by atoms with E-state index < -0.39 is 12.3 Å². The van der Waals surface area contributed by atoms with Gasteiger partial charge in [-0.05, 0) is 24.3 Å². The van der Waals surface area contributed by atoms with Gasteiger partial charge in [-0.1, -0.05) is 34.7 Å². The highest BCUT2D eigenvalue weighted by atomic mass is 16.3. The highest BCUT2D eigenvalue weighted by molar-refractivity contribution is 5.75. The van der Waals surface area contributed by atoms with Crippen LogP contribution in [-0.2, 0) is 0 Å². The minimum Gasteiger partial charge on any atom is -0.395 e. The molecule has 0 saturated carbocycles. The van der Waals surface area contributed by atoms with E-state index in [1.807, 2.05) is 58.3 Å². The summed E-state index contributed by atoms with van der Waals surface area (Å²) in [5, 5.41) is 56.9. The standard InChI is InChI=1S/C22H30N8O4/c31-13-9-27(10-14-32)21(29-19-7-3-1-5-17(19)23-25-29)22(28(11-15-33)12-16-34)30-20-8-4-2-6-18(20)24-26-30/h1-8,21-22,31-34H,9-16H2. The number of fused-ring (bicyclic) bond motifs is 2. The number of aromatic nitrogens is 6. The zero-order chi connectivity index (χ0) is 23.9. The number of para-hydroxylation sites is 2. The van der Waals surface area contributed by atoms with Crippen LogP contribution in [-0.4, -0.2) is 113 Å². The van der Waals surface area contributed by atoms with Gasteiger partial charge < -0.3 is 20.4 Å². The Bertz CT molecular complexity index is 1080. The minimum atomic E-state index is -0.616. The molecule has 0 aliphatic rings. The van der Waals surface area contributed by atoms with Crippen molar-refractivity contribution in [2.45, 2.75) is 12.3 Å². The molecule has 0 saturated heterocycles. The Hall–Kier alpha value is -3.00. The monoisotopic (exact) mass is 470 g/mol. The maximum Gasteiger partial charge on any atom is 0.143 e. The summed E-state index contributed by atoms with van der Waals surface area (Å²) in [4.78, 5) is 3.79. The molecule has 0 bridgehead atoms. The lowest BCUT2D eigenvalue weighted by atomic mass is 10.2. The third-order valence-corrected chi connectivity index (χ3v) is 5.82.